The van der Waals surface area contributed by atoms with E-state index >= 15 is 0 Å². The first-order chi connectivity index (χ1) is 13.4. The van der Waals surface area contributed by atoms with Crippen molar-refractivity contribution in [3.05, 3.63) is 75.1 Å². The molecule has 0 saturated carbocycles. The molecule has 5 heteroatoms. The topological polar surface area (TPSA) is 54.7 Å². The van der Waals surface area contributed by atoms with Crippen LogP contribution in [0.25, 0.3) is 11.0 Å². The molecule has 148 valence electrons. The Balaban J connectivity index is 1.81. The van der Waals surface area contributed by atoms with Crippen LogP contribution >= 0.6 is 0 Å². The molecule has 0 bridgehead atoms. The first-order valence-corrected chi connectivity index (χ1v) is 9.44. The van der Waals surface area contributed by atoms with Crippen molar-refractivity contribution < 1.29 is 9.15 Å². The molecule has 5 nitrogen and oxygen atoms in total. The van der Waals surface area contributed by atoms with E-state index in [1.807, 2.05) is 32.0 Å². The first kappa shape index (κ1) is 20.1. The van der Waals surface area contributed by atoms with Crippen LogP contribution in [-0.4, -0.2) is 32.6 Å². The molecular weight excluding hydrogens is 352 g/mol. The molecular formula is C23H28N2O3. The zero-order valence-corrected chi connectivity index (χ0v) is 17.2. The molecule has 28 heavy (non-hydrogen) atoms. The summed E-state index contributed by atoms with van der Waals surface area (Å²) in [5, 5.41) is 4.49. The van der Waals surface area contributed by atoms with Gasteiger partial charge in [0.1, 0.15) is 11.3 Å². The Labute approximate surface area is 165 Å². The maximum absolute atomic E-state index is 12.0. The second-order valence-electron chi connectivity index (χ2n) is 7.36. The van der Waals surface area contributed by atoms with Crippen molar-refractivity contribution >= 4 is 11.0 Å². The van der Waals surface area contributed by atoms with E-state index in [2.05, 4.69) is 42.5 Å². The number of methoxy groups -OCH3 is 1. The highest BCUT2D eigenvalue weighted by Crippen LogP contribution is 2.24. The fourth-order valence-corrected chi connectivity index (χ4v) is 3.46. The number of hydrogen-bond donors (Lipinski definition) is 1. The third-order valence-electron chi connectivity index (χ3n) is 5.27. The van der Waals surface area contributed by atoms with Gasteiger partial charge in [0.2, 0.25) is 0 Å². The van der Waals surface area contributed by atoms with Crippen LogP contribution < -0.4 is 15.7 Å². The van der Waals surface area contributed by atoms with Gasteiger partial charge in [0.15, 0.2) is 0 Å². The molecule has 0 saturated heterocycles. The standard InChI is InChI=1S/C23H28N2O3/c1-15-9-10-20-18(12-22(26)28-23(20)16(15)2)13-24-14-21(25(3)4)17-7-6-8-19(11-17)27-5/h6-12,21,24H,13-14H2,1-5H3/t21-/m0/s1. The number of rotatable bonds is 7. The Morgan fingerprint density at radius 1 is 1.14 bits per heavy atom. The van der Waals surface area contributed by atoms with E-state index in [1.54, 1.807) is 13.2 Å². The predicted octanol–water partition coefficient (Wildman–Crippen LogP) is 3.81. The quantitative estimate of drug-likeness (QED) is 0.632. The van der Waals surface area contributed by atoms with Gasteiger partial charge in [-0.3, -0.25) is 0 Å². The highest BCUT2D eigenvalue weighted by Gasteiger charge is 2.15. The van der Waals surface area contributed by atoms with Crippen molar-refractivity contribution in [2.75, 3.05) is 27.7 Å². The molecule has 0 radical (unpaired) electrons. The van der Waals surface area contributed by atoms with Crippen LogP contribution in [0.3, 0.4) is 0 Å². The minimum Gasteiger partial charge on any atom is -0.497 e. The lowest BCUT2D eigenvalue weighted by Gasteiger charge is -2.25. The number of ether oxygens (including phenoxy) is 1. The van der Waals surface area contributed by atoms with E-state index in [0.29, 0.717) is 12.1 Å². The molecule has 1 N–H and O–H groups in total. The van der Waals surface area contributed by atoms with Gasteiger partial charge in [-0.25, -0.2) is 4.79 Å². The first-order valence-electron chi connectivity index (χ1n) is 9.44. The zero-order chi connectivity index (χ0) is 20.3. The van der Waals surface area contributed by atoms with Gasteiger partial charge < -0.3 is 19.4 Å². The summed E-state index contributed by atoms with van der Waals surface area (Å²) in [6.07, 6.45) is 0. The lowest BCUT2D eigenvalue weighted by Crippen LogP contribution is -2.31. The average Bonchev–Trinajstić information content (AvgIpc) is 2.68. The van der Waals surface area contributed by atoms with Crippen LogP contribution in [0.1, 0.15) is 28.3 Å². The van der Waals surface area contributed by atoms with Gasteiger partial charge in [-0.1, -0.05) is 24.3 Å². The summed E-state index contributed by atoms with van der Waals surface area (Å²) in [7, 11) is 5.80. The minimum atomic E-state index is -0.310. The minimum absolute atomic E-state index is 0.186. The van der Waals surface area contributed by atoms with Crippen LogP contribution in [-0.2, 0) is 6.54 Å². The molecule has 1 heterocycles. The Bertz CT molecular complexity index is 1020. The monoisotopic (exact) mass is 380 g/mol. The molecule has 0 aliphatic carbocycles. The summed E-state index contributed by atoms with van der Waals surface area (Å²) in [5.74, 6) is 0.849. The molecule has 0 aliphatic heterocycles. The normalized spacial score (nSPS) is 12.5. The average molecular weight is 380 g/mol. The Kier molecular flexibility index (Phi) is 6.17. The van der Waals surface area contributed by atoms with E-state index in [9.17, 15) is 4.79 Å². The van der Waals surface area contributed by atoms with Gasteiger partial charge >= 0.3 is 5.63 Å². The lowest BCUT2D eigenvalue weighted by molar-refractivity contribution is 0.287. The SMILES string of the molecule is COc1cccc([C@H](CNCc2cc(=O)oc3c(C)c(C)ccc23)N(C)C)c1. The highest BCUT2D eigenvalue weighted by molar-refractivity contribution is 5.83. The number of nitrogens with one attached hydrogen (secondary N) is 1. The number of fused-ring (bicyclic) bond motifs is 1. The molecule has 3 rings (SSSR count). The number of nitrogens with zero attached hydrogens (tertiary/aromatic N) is 1. The third-order valence-corrected chi connectivity index (χ3v) is 5.27. The van der Waals surface area contributed by atoms with Gasteiger partial charge in [-0.15, -0.1) is 0 Å². The van der Waals surface area contributed by atoms with Crippen LogP contribution in [0.15, 0.2) is 51.7 Å². The van der Waals surface area contributed by atoms with Crippen LogP contribution in [0.4, 0.5) is 0 Å². The lowest BCUT2D eigenvalue weighted by atomic mass is 10.0. The largest absolute Gasteiger partial charge is 0.497 e. The zero-order valence-electron chi connectivity index (χ0n) is 17.2. The van der Waals surface area contributed by atoms with Gasteiger partial charge in [0, 0.05) is 30.6 Å². The molecule has 0 unspecified atom stereocenters. The van der Waals surface area contributed by atoms with Gasteiger partial charge in [0.25, 0.3) is 0 Å². The van der Waals surface area contributed by atoms with Gasteiger partial charge in [0.05, 0.1) is 7.11 Å². The van der Waals surface area contributed by atoms with Crippen LogP contribution in [0, 0.1) is 13.8 Å². The van der Waals surface area contributed by atoms with E-state index in [-0.39, 0.29) is 11.7 Å². The summed E-state index contributed by atoms with van der Waals surface area (Å²) in [6.45, 7) is 5.35. The maximum atomic E-state index is 12.0. The van der Waals surface area contributed by atoms with Crippen LogP contribution in [0.2, 0.25) is 0 Å². The summed E-state index contributed by atoms with van der Waals surface area (Å²) in [4.78, 5) is 14.2. The summed E-state index contributed by atoms with van der Waals surface area (Å²) < 4.78 is 10.8. The smallest absolute Gasteiger partial charge is 0.336 e. The van der Waals surface area contributed by atoms with Crippen molar-refractivity contribution in [3.8, 4) is 5.75 Å². The van der Waals surface area contributed by atoms with Gasteiger partial charge in [-0.2, -0.15) is 0 Å². The van der Waals surface area contributed by atoms with Crippen molar-refractivity contribution in [1.29, 1.82) is 0 Å². The fraction of sp³-hybridized carbons (Fsp3) is 0.348. The number of hydrogen-bond acceptors (Lipinski definition) is 5. The maximum Gasteiger partial charge on any atom is 0.336 e. The van der Waals surface area contributed by atoms with E-state index in [0.717, 1.165) is 34.4 Å². The van der Waals surface area contributed by atoms with Gasteiger partial charge in [-0.05, 0) is 62.3 Å². The molecule has 0 amide bonds. The number of likely N-dealkylation sites (N-methyl/N-ethyl adjacent to an activating group) is 1. The van der Waals surface area contributed by atoms with E-state index in [4.69, 9.17) is 9.15 Å². The summed E-state index contributed by atoms with van der Waals surface area (Å²) in [5.41, 5.74) is 4.64. The highest BCUT2D eigenvalue weighted by atomic mass is 16.5. The second-order valence-corrected chi connectivity index (χ2v) is 7.36. The van der Waals surface area contributed by atoms with Crippen LogP contribution in [0.5, 0.6) is 5.75 Å². The summed E-state index contributed by atoms with van der Waals surface area (Å²) >= 11 is 0. The molecule has 0 aliphatic rings. The molecule has 1 aromatic heterocycles. The molecule has 1 atom stereocenters. The number of benzene rings is 2. The van der Waals surface area contributed by atoms with Crippen molar-refractivity contribution in [3.63, 3.8) is 0 Å². The Hall–Kier alpha value is -2.63. The van der Waals surface area contributed by atoms with E-state index < -0.39 is 0 Å². The van der Waals surface area contributed by atoms with E-state index in [1.165, 1.54) is 5.56 Å². The molecule has 0 spiro atoms. The Morgan fingerprint density at radius 2 is 1.93 bits per heavy atom. The van der Waals surface area contributed by atoms with Crippen molar-refractivity contribution in [2.24, 2.45) is 0 Å². The summed E-state index contributed by atoms with van der Waals surface area (Å²) in [6, 6.07) is 14.0. The van der Waals surface area contributed by atoms with Crippen molar-refractivity contribution in [2.45, 2.75) is 26.4 Å². The Morgan fingerprint density at radius 3 is 2.64 bits per heavy atom. The van der Waals surface area contributed by atoms with Crippen molar-refractivity contribution in [1.82, 2.24) is 10.2 Å². The predicted molar refractivity (Wildman–Crippen MR) is 113 cm³/mol. The number of aryl methyl sites for hydroxylation is 2. The second kappa shape index (κ2) is 8.59. The molecule has 0 fully saturated rings. The molecule has 3 aromatic rings. The third kappa shape index (κ3) is 4.26. The fourth-order valence-electron chi connectivity index (χ4n) is 3.46. The molecule has 2 aromatic carbocycles.